The second-order valence-corrected chi connectivity index (χ2v) is 8.56. The van der Waals surface area contributed by atoms with Gasteiger partial charge in [0.15, 0.2) is 5.76 Å². The van der Waals surface area contributed by atoms with E-state index in [4.69, 9.17) is 4.74 Å². The van der Waals surface area contributed by atoms with E-state index in [0.717, 1.165) is 16.1 Å². The number of ether oxygens (including phenoxy) is 1. The monoisotopic (exact) mass is 448 g/mol. The predicted octanol–water partition coefficient (Wildman–Crippen LogP) is 5.12. The van der Waals surface area contributed by atoms with Gasteiger partial charge in [-0.15, -0.1) is 11.3 Å². The van der Waals surface area contributed by atoms with Gasteiger partial charge in [0, 0.05) is 12.1 Å². The Labute approximate surface area is 190 Å². The molecule has 6 nitrogen and oxygen atoms in total. The molecule has 3 aromatic rings. The summed E-state index contributed by atoms with van der Waals surface area (Å²) < 4.78 is 5.24. The second kappa shape index (κ2) is 8.96. The Morgan fingerprint density at radius 2 is 1.84 bits per heavy atom. The molecule has 1 N–H and O–H groups in total. The Bertz CT molecular complexity index is 1180. The maximum Gasteiger partial charge on any atom is 0.290 e. The highest BCUT2D eigenvalue weighted by atomic mass is 32.1. The fraction of sp³-hybridized carbons (Fsp3) is 0.240. The molecule has 1 aliphatic rings. The molecule has 164 valence electrons. The number of aliphatic hydroxyl groups is 1. The first-order valence-electron chi connectivity index (χ1n) is 10.4. The SMILES string of the molecule is CCCN1C(=O)C(O)=C(C(=O)c2sc(-c3ccccc3)nc2C)C1c1ccc(OC)cc1. The normalized spacial score (nSPS) is 16.0. The molecule has 1 unspecified atom stereocenters. The average Bonchev–Trinajstić information content (AvgIpc) is 3.32. The fourth-order valence-electron chi connectivity index (χ4n) is 3.92. The molecule has 0 spiro atoms. The van der Waals surface area contributed by atoms with Crippen molar-refractivity contribution in [1.82, 2.24) is 9.88 Å². The van der Waals surface area contributed by atoms with Crippen molar-refractivity contribution in [2.24, 2.45) is 0 Å². The molecule has 2 aromatic carbocycles. The summed E-state index contributed by atoms with van der Waals surface area (Å²) >= 11 is 1.27. The Kier molecular flexibility index (Phi) is 6.10. The highest BCUT2D eigenvalue weighted by Gasteiger charge is 2.44. The van der Waals surface area contributed by atoms with Gasteiger partial charge in [0.05, 0.1) is 29.3 Å². The number of hydrogen-bond acceptors (Lipinski definition) is 6. The van der Waals surface area contributed by atoms with E-state index in [-0.39, 0.29) is 11.4 Å². The van der Waals surface area contributed by atoms with Crippen LogP contribution in [0.1, 0.15) is 40.3 Å². The van der Waals surface area contributed by atoms with Crippen LogP contribution in [0.3, 0.4) is 0 Å². The van der Waals surface area contributed by atoms with Gasteiger partial charge in [-0.25, -0.2) is 4.98 Å². The Hall–Kier alpha value is -3.45. The number of rotatable bonds is 7. The standard InChI is InChI=1S/C25H24N2O4S/c1-4-14-27-20(16-10-12-18(31-3)13-11-16)19(22(29)25(27)30)21(28)23-15(2)26-24(32-23)17-8-6-5-7-9-17/h5-13,20,29H,4,14H2,1-3H3. The van der Waals surface area contributed by atoms with Gasteiger partial charge >= 0.3 is 0 Å². The van der Waals surface area contributed by atoms with Gasteiger partial charge in [-0.3, -0.25) is 9.59 Å². The van der Waals surface area contributed by atoms with E-state index in [1.165, 1.54) is 11.3 Å². The van der Waals surface area contributed by atoms with Crippen LogP contribution < -0.4 is 4.74 Å². The summed E-state index contributed by atoms with van der Waals surface area (Å²) in [7, 11) is 1.58. The van der Waals surface area contributed by atoms with E-state index in [9.17, 15) is 14.7 Å². The first-order valence-corrected chi connectivity index (χ1v) is 11.2. The van der Waals surface area contributed by atoms with Gasteiger partial charge in [-0.2, -0.15) is 0 Å². The van der Waals surface area contributed by atoms with Crippen molar-refractivity contribution >= 4 is 23.0 Å². The third-order valence-corrected chi connectivity index (χ3v) is 6.67. The highest BCUT2D eigenvalue weighted by Crippen LogP contribution is 2.41. The van der Waals surface area contributed by atoms with Crippen molar-refractivity contribution in [2.45, 2.75) is 26.3 Å². The number of aryl methyl sites for hydroxylation is 1. The minimum Gasteiger partial charge on any atom is -0.503 e. The summed E-state index contributed by atoms with van der Waals surface area (Å²) in [5, 5.41) is 11.5. The molecule has 7 heteroatoms. The smallest absolute Gasteiger partial charge is 0.290 e. The molecule has 0 aliphatic carbocycles. The highest BCUT2D eigenvalue weighted by molar-refractivity contribution is 7.17. The summed E-state index contributed by atoms with van der Waals surface area (Å²) in [5.41, 5.74) is 2.33. The van der Waals surface area contributed by atoms with Crippen LogP contribution in [0.2, 0.25) is 0 Å². The van der Waals surface area contributed by atoms with Crippen LogP contribution in [0.5, 0.6) is 5.75 Å². The van der Waals surface area contributed by atoms with Crippen molar-refractivity contribution in [3.05, 3.63) is 82.1 Å². The number of hydrogen-bond donors (Lipinski definition) is 1. The number of thiazole rings is 1. The van der Waals surface area contributed by atoms with Crippen molar-refractivity contribution in [3.8, 4) is 16.3 Å². The van der Waals surface area contributed by atoms with E-state index in [1.54, 1.807) is 31.1 Å². The lowest BCUT2D eigenvalue weighted by Crippen LogP contribution is -2.31. The number of Topliss-reactive ketones (excluding diaryl/α,β-unsaturated/α-hetero) is 1. The Balaban J connectivity index is 1.78. The molecule has 0 bridgehead atoms. The maximum absolute atomic E-state index is 13.7. The zero-order chi connectivity index (χ0) is 22.8. The van der Waals surface area contributed by atoms with Crippen LogP contribution in [-0.4, -0.2) is 40.3 Å². The van der Waals surface area contributed by atoms with Crippen LogP contribution in [0.25, 0.3) is 10.6 Å². The van der Waals surface area contributed by atoms with Crippen LogP contribution >= 0.6 is 11.3 Å². The third-order valence-electron chi connectivity index (χ3n) is 5.47. The molecule has 1 amide bonds. The summed E-state index contributed by atoms with van der Waals surface area (Å²) in [5.74, 6) is -0.709. The minimum atomic E-state index is -0.664. The van der Waals surface area contributed by atoms with E-state index in [2.05, 4.69) is 4.98 Å². The lowest BCUT2D eigenvalue weighted by molar-refractivity contribution is -0.129. The van der Waals surface area contributed by atoms with Crippen LogP contribution in [-0.2, 0) is 4.79 Å². The number of aromatic nitrogens is 1. The Morgan fingerprint density at radius 3 is 2.47 bits per heavy atom. The number of methoxy groups -OCH3 is 1. The number of carbonyl (C=O) groups excluding carboxylic acids is 2. The van der Waals surface area contributed by atoms with Crippen molar-refractivity contribution < 1.29 is 19.4 Å². The molecule has 0 radical (unpaired) electrons. The first kappa shape index (κ1) is 21.8. The van der Waals surface area contributed by atoms with E-state index in [0.29, 0.717) is 29.3 Å². The van der Waals surface area contributed by atoms with Gasteiger partial charge < -0.3 is 14.7 Å². The third kappa shape index (κ3) is 3.80. The second-order valence-electron chi connectivity index (χ2n) is 7.57. The minimum absolute atomic E-state index is 0.0972. The number of benzene rings is 2. The molecule has 0 saturated carbocycles. The largest absolute Gasteiger partial charge is 0.503 e. The number of carbonyl (C=O) groups is 2. The number of ketones is 1. The van der Waals surface area contributed by atoms with Crippen molar-refractivity contribution in [2.75, 3.05) is 13.7 Å². The van der Waals surface area contributed by atoms with Crippen molar-refractivity contribution in [3.63, 3.8) is 0 Å². The topological polar surface area (TPSA) is 79.7 Å². The quantitative estimate of drug-likeness (QED) is 0.508. The summed E-state index contributed by atoms with van der Waals surface area (Å²) in [6.45, 7) is 4.15. The summed E-state index contributed by atoms with van der Waals surface area (Å²) in [4.78, 5) is 33.1. The van der Waals surface area contributed by atoms with Gasteiger partial charge in [0.1, 0.15) is 10.8 Å². The fourth-order valence-corrected chi connectivity index (χ4v) is 4.95. The molecule has 1 aliphatic heterocycles. The predicted molar refractivity (Wildman–Crippen MR) is 124 cm³/mol. The Morgan fingerprint density at radius 1 is 1.16 bits per heavy atom. The van der Waals surface area contributed by atoms with Gasteiger partial charge in [0.2, 0.25) is 5.78 Å². The molecule has 1 aromatic heterocycles. The zero-order valence-corrected chi connectivity index (χ0v) is 19.0. The molecular formula is C25H24N2O4S. The average molecular weight is 449 g/mol. The van der Waals surface area contributed by atoms with Crippen molar-refractivity contribution in [1.29, 1.82) is 0 Å². The van der Waals surface area contributed by atoms with E-state index < -0.39 is 17.7 Å². The molecule has 2 heterocycles. The molecular weight excluding hydrogens is 424 g/mol. The van der Waals surface area contributed by atoms with Gasteiger partial charge in [-0.05, 0) is 31.0 Å². The van der Waals surface area contributed by atoms with Gasteiger partial charge in [0.25, 0.3) is 5.91 Å². The maximum atomic E-state index is 13.7. The number of amides is 1. The van der Waals surface area contributed by atoms with E-state index >= 15 is 0 Å². The van der Waals surface area contributed by atoms with E-state index in [1.807, 2.05) is 49.4 Å². The molecule has 4 rings (SSSR count). The zero-order valence-electron chi connectivity index (χ0n) is 18.2. The lowest BCUT2D eigenvalue weighted by atomic mass is 9.95. The molecule has 32 heavy (non-hydrogen) atoms. The number of nitrogens with zero attached hydrogens (tertiary/aromatic N) is 2. The van der Waals surface area contributed by atoms with Crippen LogP contribution in [0.15, 0.2) is 65.9 Å². The molecule has 1 atom stereocenters. The summed E-state index contributed by atoms with van der Waals surface area (Å²) in [6.07, 6.45) is 0.699. The molecule has 0 fully saturated rings. The van der Waals surface area contributed by atoms with Gasteiger partial charge in [-0.1, -0.05) is 49.4 Å². The first-order chi connectivity index (χ1) is 15.5. The lowest BCUT2D eigenvalue weighted by Gasteiger charge is -2.26. The molecule has 0 saturated heterocycles. The van der Waals surface area contributed by atoms with Crippen LogP contribution in [0, 0.1) is 6.92 Å². The van der Waals surface area contributed by atoms with Crippen LogP contribution in [0.4, 0.5) is 0 Å². The summed E-state index contributed by atoms with van der Waals surface area (Å²) in [6, 6.07) is 16.2. The number of aliphatic hydroxyl groups excluding tert-OH is 1.